The molecular formula is C15H14N4OS. The number of aromatic nitrogens is 3. The first-order valence-corrected chi connectivity index (χ1v) is 7.26. The first-order valence-electron chi connectivity index (χ1n) is 6.45. The van der Waals surface area contributed by atoms with Crippen LogP contribution in [0.15, 0.2) is 42.5 Å². The molecule has 0 spiro atoms. The summed E-state index contributed by atoms with van der Waals surface area (Å²) in [5, 5.41) is 8.92. The summed E-state index contributed by atoms with van der Waals surface area (Å²) in [4.78, 5) is 5.66. The number of nitrogens with zero attached hydrogens (tertiary/aromatic N) is 3. The molecule has 0 radical (unpaired) electrons. The minimum absolute atomic E-state index is 0.393. The average molecular weight is 298 g/mol. The molecule has 0 amide bonds. The van der Waals surface area contributed by atoms with Gasteiger partial charge in [0.1, 0.15) is 10.7 Å². The molecule has 2 heterocycles. The fourth-order valence-corrected chi connectivity index (χ4v) is 3.02. The Labute approximate surface area is 126 Å². The van der Waals surface area contributed by atoms with Crippen molar-refractivity contribution in [1.82, 2.24) is 15.2 Å². The van der Waals surface area contributed by atoms with E-state index in [2.05, 4.69) is 27.3 Å². The molecule has 1 aromatic carbocycles. The minimum atomic E-state index is 0.393. The Balaban J connectivity index is 2.02. The van der Waals surface area contributed by atoms with Crippen molar-refractivity contribution in [2.24, 2.45) is 5.73 Å². The number of benzene rings is 1. The van der Waals surface area contributed by atoms with Gasteiger partial charge in [-0.1, -0.05) is 30.3 Å². The van der Waals surface area contributed by atoms with E-state index in [1.807, 2.05) is 24.3 Å². The second-order valence-electron chi connectivity index (χ2n) is 4.33. The number of hydrogen-bond acceptors (Lipinski definition) is 6. The van der Waals surface area contributed by atoms with Gasteiger partial charge in [-0.2, -0.15) is 0 Å². The molecule has 2 N–H and O–H groups in total. The molecule has 5 nitrogen and oxygen atoms in total. The molecule has 0 saturated carbocycles. The molecule has 0 aliphatic carbocycles. The normalized spacial score (nSPS) is 10.6. The standard InChI is InChI=1S/C15H14N4OS/c1-20-13-8-7-11(18-19-13)15-17-12(9-16)14(21-15)10-5-3-2-4-6-10/h2-8H,9,16H2,1H3. The molecule has 3 rings (SSSR count). The molecule has 6 heteroatoms. The molecule has 0 atom stereocenters. The van der Waals surface area contributed by atoms with Crippen LogP contribution in [0.2, 0.25) is 0 Å². The maximum atomic E-state index is 5.81. The SMILES string of the molecule is COc1ccc(-c2nc(CN)c(-c3ccccc3)s2)nn1. The van der Waals surface area contributed by atoms with Gasteiger partial charge in [0.05, 0.1) is 17.7 Å². The summed E-state index contributed by atoms with van der Waals surface area (Å²) >= 11 is 1.57. The lowest BCUT2D eigenvalue weighted by atomic mass is 10.1. The van der Waals surface area contributed by atoms with E-state index in [1.54, 1.807) is 24.5 Å². The van der Waals surface area contributed by atoms with E-state index in [0.717, 1.165) is 26.8 Å². The monoisotopic (exact) mass is 298 g/mol. The molecule has 3 aromatic rings. The topological polar surface area (TPSA) is 73.9 Å². The van der Waals surface area contributed by atoms with Crippen molar-refractivity contribution in [3.8, 4) is 27.0 Å². The van der Waals surface area contributed by atoms with Gasteiger partial charge in [0.25, 0.3) is 0 Å². The third-order valence-corrected chi connectivity index (χ3v) is 4.16. The molecule has 2 aromatic heterocycles. The van der Waals surface area contributed by atoms with Crippen molar-refractivity contribution in [3.63, 3.8) is 0 Å². The van der Waals surface area contributed by atoms with Crippen molar-refractivity contribution in [2.45, 2.75) is 6.54 Å². The Kier molecular flexibility index (Phi) is 3.89. The van der Waals surface area contributed by atoms with E-state index < -0.39 is 0 Å². The maximum Gasteiger partial charge on any atom is 0.233 e. The smallest absolute Gasteiger partial charge is 0.233 e. The number of thiazole rings is 1. The van der Waals surface area contributed by atoms with Crippen LogP contribution in [0.3, 0.4) is 0 Å². The van der Waals surface area contributed by atoms with E-state index in [9.17, 15) is 0 Å². The van der Waals surface area contributed by atoms with Crippen molar-refractivity contribution >= 4 is 11.3 Å². The summed E-state index contributed by atoms with van der Waals surface area (Å²) in [5.41, 5.74) is 8.52. The zero-order valence-electron chi connectivity index (χ0n) is 11.5. The highest BCUT2D eigenvalue weighted by molar-refractivity contribution is 7.18. The molecule has 0 bridgehead atoms. The van der Waals surface area contributed by atoms with E-state index >= 15 is 0 Å². The van der Waals surface area contributed by atoms with Gasteiger partial charge < -0.3 is 10.5 Å². The van der Waals surface area contributed by atoms with E-state index in [1.165, 1.54) is 0 Å². The van der Waals surface area contributed by atoms with Crippen LogP contribution in [-0.4, -0.2) is 22.3 Å². The van der Waals surface area contributed by atoms with Crippen LogP contribution in [-0.2, 0) is 6.54 Å². The lowest BCUT2D eigenvalue weighted by Gasteiger charge is -1.98. The molecule has 0 aliphatic heterocycles. The molecule has 0 unspecified atom stereocenters. The summed E-state index contributed by atoms with van der Waals surface area (Å²) in [7, 11) is 1.56. The number of hydrogen-bond donors (Lipinski definition) is 1. The second kappa shape index (κ2) is 5.99. The van der Waals surface area contributed by atoms with Gasteiger partial charge >= 0.3 is 0 Å². The lowest BCUT2D eigenvalue weighted by Crippen LogP contribution is -1.98. The zero-order valence-corrected chi connectivity index (χ0v) is 12.3. The Hall–Kier alpha value is -2.31. The van der Waals surface area contributed by atoms with Crippen molar-refractivity contribution in [2.75, 3.05) is 7.11 Å². The van der Waals surface area contributed by atoms with Crippen LogP contribution in [0.1, 0.15) is 5.69 Å². The maximum absolute atomic E-state index is 5.81. The summed E-state index contributed by atoms with van der Waals surface area (Å²) in [6.07, 6.45) is 0. The highest BCUT2D eigenvalue weighted by Gasteiger charge is 2.14. The summed E-state index contributed by atoms with van der Waals surface area (Å²) < 4.78 is 5.01. The third kappa shape index (κ3) is 2.76. The van der Waals surface area contributed by atoms with Crippen LogP contribution >= 0.6 is 11.3 Å². The number of rotatable bonds is 4. The number of nitrogens with two attached hydrogens (primary N) is 1. The predicted molar refractivity (Wildman–Crippen MR) is 83.0 cm³/mol. The van der Waals surface area contributed by atoms with Gasteiger partial charge in [0, 0.05) is 12.6 Å². The van der Waals surface area contributed by atoms with Crippen LogP contribution in [0.25, 0.3) is 21.1 Å². The highest BCUT2D eigenvalue weighted by atomic mass is 32.1. The van der Waals surface area contributed by atoms with Crippen LogP contribution in [0.4, 0.5) is 0 Å². The van der Waals surface area contributed by atoms with Gasteiger partial charge in [-0.05, 0) is 11.6 Å². The van der Waals surface area contributed by atoms with Gasteiger partial charge in [0.15, 0.2) is 0 Å². The molecule has 0 fully saturated rings. The van der Waals surface area contributed by atoms with E-state index in [0.29, 0.717) is 12.4 Å². The second-order valence-corrected chi connectivity index (χ2v) is 5.32. The van der Waals surface area contributed by atoms with Crippen molar-refractivity contribution in [3.05, 3.63) is 48.2 Å². The lowest BCUT2D eigenvalue weighted by molar-refractivity contribution is 0.392. The predicted octanol–water partition coefficient (Wildman–Crippen LogP) is 2.73. The third-order valence-electron chi connectivity index (χ3n) is 3.00. The number of ether oxygens (including phenoxy) is 1. The van der Waals surface area contributed by atoms with Crippen molar-refractivity contribution < 1.29 is 4.74 Å². The quantitative estimate of drug-likeness (QED) is 0.801. The van der Waals surface area contributed by atoms with E-state index in [4.69, 9.17) is 10.5 Å². The fraction of sp³-hybridized carbons (Fsp3) is 0.133. The molecular weight excluding hydrogens is 284 g/mol. The van der Waals surface area contributed by atoms with Gasteiger partial charge in [-0.15, -0.1) is 21.5 Å². The highest BCUT2D eigenvalue weighted by Crippen LogP contribution is 2.34. The largest absolute Gasteiger partial charge is 0.480 e. The number of methoxy groups -OCH3 is 1. The fourth-order valence-electron chi connectivity index (χ4n) is 1.96. The van der Waals surface area contributed by atoms with Crippen LogP contribution < -0.4 is 10.5 Å². The van der Waals surface area contributed by atoms with Crippen LogP contribution in [0.5, 0.6) is 5.88 Å². The first kappa shape index (κ1) is 13.7. The summed E-state index contributed by atoms with van der Waals surface area (Å²) in [6, 6.07) is 13.7. The van der Waals surface area contributed by atoms with Gasteiger partial charge in [-0.3, -0.25) is 0 Å². The summed E-state index contributed by atoms with van der Waals surface area (Å²) in [6.45, 7) is 0.393. The Bertz CT molecular complexity index is 725. The Morgan fingerprint density at radius 3 is 2.52 bits per heavy atom. The van der Waals surface area contributed by atoms with Gasteiger partial charge in [0.2, 0.25) is 5.88 Å². The van der Waals surface area contributed by atoms with Crippen molar-refractivity contribution in [1.29, 1.82) is 0 Å². The van der Waals surface area contributed by atoms with Crippen LogP contribution in [0, 0.1) is 0 Å². The molecule has 21 heavy (non-hydrogen) atoms. The molecule has 0 aliphatic rings. The Morgan fingerprint density at radius 2 is 1.90 bits per heavy atom. The zero-order chi connectivity index (χ0) is 14.7. The minimum Gasteiger partial charge on any atom is -0.480 e. The van der Waals surface area contributed by atoms with Gasteiger partial charge in [-0.25, -0.2) is 4.98 Å². The molecule has 0 saturated heterocycles. The van der Waals surface area contributed by atoms with E-state index in [-0.39, 0.29) is 0 Å². The molecule has 106 valence electrons. The average Bonchev–Trinajstić information content (AvgIpc) is 3.00. The Morgan fingerprint density at radius 1 is 1.10 bits per heavy atom. The summed E-state index contributed by atoms with van der Waals surface area (Å²) in [5.74, 6) is 0.484. The first-order chi connectivity index (χ1) is 10.3.